The maximum absolute atomic E-state index is 4.97. The maximum Gasteiger partial charge on any atom is 0.122 e. The average molecular weight is 142 g/mol. The highest BCUT2D eigenvalue weighted by Gasteiger charge is 2.34. The minimum absolute atomic E-state index is 0.445. The van der Waals surface area contributed by atoms with Gasteiger partial charge in [0.15, 0.2) is 0 Å². The molecular formula is C8H14O2. The molecule has 1 saturated carbocycles. The second kappa shape index (κ2) is 2.89. The van der Waals surface area contributed by atoms with Crippen LogP contribution in [0, 0.1) is 0 Å². The van der Waals surface area contributed by atoms with Gasteiger partial charge < -0.3 is 0 Å². The lowest BCUT2D eigenvalue weighted by Gasteiger charge is -2.36. The summed E-state index contributed by atoms with van der Waals surface area (Å²) >= 11 is 0. The van der Waals surface area contributed by atoms with Crippen molar-refractivity contribution in [3.63, 3.8) is 0 Å². The van der Waals surface area contributed by atoms with Crippen molar-refractivity contribution in [3.8, 4) is 0 Å². The molecule has 0 aromatic carbocycles. The molecule has 0 spiro atoms. The van der Waals surface area contributed by atoms with Crippen LogP contribution in [0.15, 0.2) is 0 Å². The molecule has 2 heteroatoms. The Labute approximate surface area is 61.4 Å². The summed E-state index contributed by atoms with van der Waals surface area (Å²) in [4.78, 5) is 9.94. The molecular weight excluding hydrogens is 128 g/mol. The smallest absolute Gasteiger partial charge is 0.122 e. The molecule has 2 fully saturated rings. The zero-order chi connectivity index (χ0) is 6.81. The molecule has 0 N–H and O–H groups in total. The van der Waals surface area contributed by atoms with E-state index in [1.165, 1.54) is 38.5 Å². The van der Waals surface area contributed by atoms with Crippen LogP contribution in [-0.4, -0.2) is 12.2 Å². The van der Waals surface area contributed by atoms with Gasteiger partial charge in [-0.25, -0.2) is 9.78 Å². The summed E-state index contributed by atoms with van der Waals surface area (Å²) < 4.78 is 0. The molecule has 1 heterocycles. The van der Waals surface area contributed by atoms with Crippen LogP contribution in [0.3, 0.4) is 0 Å². The van der Waals surface area contributed by atoms with Gasteiger partial charge in [-0.2, -0.15) is 0 Å². The van der Waals surface area contributed by atoms with Crippen molar-refractivity contribution < 1.29 is 9.78 Å². The molecule has 58 valence electrons. The largest absolute Gasteiger partial charge is 0.230 e. The van der Waals surface area contributed by atoms with Gasteiger partial charge in [0.1, 0.15) is 12.2 Å². The molecule has 0 aromatic heterocycles. The van der Waals surface area contributed by atoms with E-state index in [2.05, 4.69) is 0 Å². The lowest BCUT2D eigenvalue weighted by atomic mass is 9.95. The van der Waals surface area contributed by atoms with Gasteiger partial charge in [-0.3, -0.25) is 0 Å². The van der Waals surface area contributed by atoms with Crippen molar-refractivity contribution in [3.05, 3.63) is 0 Å². The fourth-order valence-electron chi connectivity index (χ4n) is 1.73. The van der Waals surface area contributed by atoms with E-state index >= 15 is 0 Å². The van der Waals surface area contributed by atoms with E-state index in [9.17, 15) is 0 Å². The minimum atomic E-state index is 0.445. The summed E-state index contributed by atoms with van der Waals surface area (Å²) in [7, 11) is 0. The molecule has 1 saturated heterocycles. The van der Waals surface area contributed by atoms with E-state index < -0.39 is 0 Å². The summed E-state index contributed by atoms with van der Waals surface area (Å²) in [5.74, 6) is 0. The summed E-state index contributed by atoms with van der Waals surface area (Å²) in [6, 6.07) is 0. The lowest BCUT2D eigenvalue weighted by Crippen LogP contribution is -2.43. The fourth-order valence-corrected chi connectivity index (χ4v) is 1.73. The van der Waals surface area contributed by atoms with Crippen LogP contribution in [0.25, 0.3) is 0 Å². The molecule has 2 aliphatic rings. The van der Waals surface area contributed by atoms with Crippen molar-refractivity contribution in [2.45, 2.75) is 50.7 Å². The van der Waals surface area contributed by atoms with Gasteiger partial charge in [0.05, 0.1) is 0 Å². The third kappa shape index (κ3) is 1.18. The molecule has 0 amide bonds. The standard InChI is InChI=1S/C8H14O2/c1-2-4-6-8-7(5-3-1)9-10-8/h7-8H,1-6H2. The van der Waals surface area contributed by atoms with Crippen LogP contribution in [0.5, 0.6) is 0 Å². The third-order valence-electron chi connectivity index (χ3n) is 2.44. The van der Waals surface area contributed by atoms with E-state index in [-0.39, 0.29) is 0 Å². The van der Waals surface area contributed by atoms with E-state index in [0.717, 1.165) is 0 Å². The van der Waals surface area contributed by atoms with Crippen molar-refractivity contribution in [1.29, 1.82) is 0 Å². The Balaban J connectivity index is 1.83. The Morgan fingerprint density at radius 2 is 1.20 bits per heavy atom. The Morgan fingerprint density at radius 3 is 1.60 bits per heavy atom. The predicted molar refractivity (Wildman–Crippen MR) is 37.4 cm³/mol. The number of hydrogen-bond donors (Lipinski definition) is 0. The van der Waals surface area contributed by atoms with Crippen LogP contribution in [0.1, 0.15) is 38.5 Å². The molecule has 0 aromatic rings. The van der Waals surface area contributed by atoms with Crippen molar-refractivity contribution in [1.82, 2.24) is 0 Å². The molecule has 0 radical (unpaired) electrons. The summed E-state index contributed by atoms with van der Waals surface area (Å²) in [6.07, 6.45) is 8.73. The second-order valence-corrected chi connectivity index (χ2v) is 3.26. The van der Waals surface area contributed by atoms with Crippen LogP contribution >= 0.6 is 0 Å². The van der Waals surface area contributed by atoms with Gasteiger partial charge >= 0.3 is 0 Å². The summed E-state index contributed by atoms with van der Waals surface area (Å²) in [6.45, 7) is 0. The van der Waals surface area contributed by atoms with Crippen LogP contribution in [0.4, 0.5) is 0 Å². The zero-order valence-electron chi connectivity index (χ0n) is 6.21. The van der Waals surface area contributed by atoms with Crippen molar-refractivity contribution >= 4 is 0 Å². The molecule has 1 aliphatic carbocycles. The van der Waals surface area contributed by atoms with Crippen LogP contribution in [-0.2, 0) is 9.78 Å². The number of fused-ring (bicyclic) bond motifs is 1. The molecule has 10 heavy (non-hydrogen) atoms. The second-order valence-electron chi connectivity index (χ2n) is 3.26. The summed E-state index contributed by atoms with van der Waals surface area (Å²) in [5, 5.41) is 0. The Bertz CT molecular complexity index is 99.8. The number of hydrogen-bond acceptors (Lipinski definition) is 2. The number of rotatable bonds is 0. The Kier molecular flexibility index (Phi) is 1.91. The Morgan fingerprint density at radius 1 is 0.700 bits per heavy atom. The average Bonchev–Trinajstić information content (AvgIpc) is 1.89. The first-order chi connectivity index (χ1) is 4.97. The first kappa shape index (κ1) is 6.62. The van der Waals surface area contributed by atoms with Crippen LogP contribution in [0.2, 0.25) is 0 Å². The minimum Gasteiger partial charge on any atom is -0.230 e. The SMILES string of the molecule is C1CCCC2OOC2CC1. The van der Waals surface area contributed by atoms with E-state index in [1.54, 1.807) is 0 Å². The quantitative estimate of drug-likeness (QED) is 0.482. The normalized spacial score (nSPS) is 40.8. The van der Waals surface area contributed by atoms with E-state index in [0.29, 0.717) is 12.2 Å². The third-order valence-corrected chi connectivity index (χ3v) is 2.44. The van der Waals surface area contributed by atoms with Crippen LogP contribution < -0.4 is 0 Å². The lowest BCUT2D eigenvalue weighted by molar-refractivity contribution is -0.467. The van der Waals surface area contributed by atoms with Gasteiger partial charge in [0, 0.05) is 0 Å². The fraction of sp³-hybridized carbons (Fsp3) is 1.00. The molecule has 2 rings (SSSR count). The predicted octanol–water partition coefficient (Wildman–Crippen LogP) is 2.04. The zero-order valence-corrected chi connectivity index (χ0v) is 6.21. The highest BCUT2D eigenvalue weighted by Crippen LogP contribution is 2.29. The highest BCUT2D eigenvalue weighted by molar-refractivity contribution is 4.75. The summed E-state index contributed by atoms with van der Waals surface area (Å²) in [5.41, 5.74) is 0. The van der Waals surface area contributed by atoms with Crippen molar-refractivity contribution in [2.24, 2.45) is 0 Å². The van der Waals surface area contributed by atoms with E-state index in [1.807, 2.05) is 0 Å². The van der Waals surface area contributed by atoms with Crippen molar-refractivity contribution in [2.75, 3.05) is 0 Å². The van der Waals surface area contributed by atoms with Gasteiger partial charge in [0.25, 0.3) is 0 Å². The monoisotopic (exact) mass is 142 g/mol. The van der Waals surface area contributed by atoms with Gasteiger partial charge in [0.2, 0.25) is 0 Å². The molecule has 2 nitrogen and oxygen atoms in total. The molecule has 2 atom stereocenters. The first-order valence-corrected chi connectivity index (χ1v) is 4.29. The first-order valence-electron chi connectivity index (χ1n) is 4.29. The molecule has 2 unspecified atom stereocenters. The molecule has 1 aliphatic heterocycles. The molecule has 0 bridgehead atoms. The Hall–Kier alpha value is -0.0800. The van der Waals surface area contributed by atoms with Gasteiger partial charge in [-0.1, -0.05) is 25.7 Å². The van der Waals surface area contributed by atoms with Gasteiger partial charge in [-0.15, -0.1) is 0 Å². The highest BCUT2D eigenvalue weighted by atomic mass is 17.2. The topological polar surface area (TPSA) is 18.5 Å². The maximum atomic E-state index is 4.97. The van der Waals surface area contributed by atoms with E-state index in [4.69, 9.17) is 9.78 Å². The van der Waals surface area contributed by atoms with Gasteiger partial charge in [-0.05, 0) is 12.8 Å².